The lowest BCUT2D eigenvalue weighted by molar-refractivity contribution is -0.134. The van der Waals surface area contributed by atoms with Crippen LogP contribution in [0, 0.1) is 5.41 Å². The molecule has 0 aromatic heterocycles. The van der Waals surface area contributed by atoms with Crippen LogP contribution >= 0.6 is 0 Å². The van der Waals surface area contributed by atoms with Gasteiger partial charge < -0.3 is 10.1 Å². The molecule has 2 saturated carbocycles. The quantitative estimate of drug-likeness (QED) is 0.356. The van der Waals surface area contributed by atoms with Crippen LogP contribution in [0.4, 0.5) is 5.69 Å². The van der Waals surface area contributed by atoms with Crippen LogP contribution in [0.1, 0.15) is 86.8 Å². The smallest absolute Gasteiger partial charge is 0.330 e. The summed E-state index contributed by atoms with van der Waals surface area (Å²) in [5.41, 5.74) is 3.95. The van der Waals surface area contributed by atoms with E-state index in [0.29, 0.717) is 5.92 Å². The summed E-state index contributed by atoms with van der Waals surface area (Å²) in [5.74, 6) is 0.415. The molecule has 0 aliphatic heterocycles. The molecule has 0 bridgehead atoms. The van der Waals surface area contributed by atoms with Gasteiger partial charge in [-0.15, -0.1) is 0 Å². The Hall–Kier alpha value is -2.88. The van der Waals surface area contributed by atoms with Gasteiger partial charge in [-0.1, -0.05) is 74.9 Å². The molecule has 0 saturated heterocycles. The van der Waals surface area contributed by atoms with Gasteiger partial charge in [0.25, 0.3) is 0 Å². The number of rotatable bonds is 7. The molecule has 0 radical (unpaired) electrons. The molecule has 34 heavy (non-hydrogen) atoms. The number of carbonyl (C=O) groups is 2. The number of anilines is 1. The molecule has 0 spiro atoms. The monoisotopic (exact) mass is 459 g/mol. The molecule has 0 atom stereocenters. The maximum Gasteiger partial charge on any atom is 0.330 e. The summed E-state index contributed by atoms with van der Waals surface area (Å²) in [4.78, 5) is 25.0. The summed E-state index contributed by atoms with van der Waals surface area (Å²) in [6.45, 7) is 0. The number of amides is 1. The summed E-state index contributed by atoms with van der Waals surface area (Å²) in [6, 6.07) is 16.7. The van der Waals surface area contributed by atoms with Crippen molar-refractivity contribution in [1.29, 1.82) is 0 Å². The number of benzene rings is 2. The van der Waals surface area contributed by atoms with Crippen molar-refractivity contribution in [3.8, 4) is 0 Å². The number of nitrogens with one attached hydrogen (secondary N) is 1. The number of methoxy groups -OCH3 is 1. The van der Waals surface area contributed by atoms with Gasteiger partial charge in [0.2, 0.25) is 5.91 Å². The molecule has 2 aromatic carbocycles. The molecule has 1 amide bonds. The molecule has 2 fully saturated rings. The van der Waals surface area contributed by atoms with E-state index in [4.69, 9.17) is 0 Å². The molecule has 2 aliphatic rings. The van der Waals surface area contributed by atoms with Crippen LogP contribution in [-0.2, 0) is 20.7 Å². The molecule has 2 aromatic rings. The van der Waals surface area contributed by atoms with E-state index >= 15 is 0 Å². The maximum atomic E-state index is 13.6. The highest BCUT2D eigenvalue weighted by atomic mass is 16.5. The van der Waals surface area contributed by atoms with Gasteiger partial charge in [-0.05, 0) is 72.9 Å². The lowest BCUT2D eigenvalue weighted by atomic mass is 9.69. The van der Waals surface area contributed by atoms with E-state index in [-0.39, 0.29) is 11.3 Å². The number of carbonyl (C=O) groups excluding carboxylic acids is 2. The van der Waals surface area contributed by atoms with Gasteiger partial charge in [0.15, 0.2) is 0 Å². The number of hydrogen-bond donors (Lipinski definition) is 1. The van der Waals surface area contributed by atoms with Crippen molar-refractivity contribution in [3.05, 3.63) is 71.3 Å². The van der Waals surface area contributed by atoms with Gasteiger partial charge in [-0.3, -0.25) is 4.79 Å². The number of esters is 1. The molecule has 0 unspecified atom stereocenters. The van der Waals surface area contributed by atoms with E-state index in [1.54, 1.807) is 6.08 Å². The Bertz CT molecular complexity index is 996. The maximum absolute atomic E-state index is 13.6. The Morgan fingerprint density at radius 2 is 1.68 bits per heavy atom. The van der Waals surface area contributed by atoms with Gasteiger partial charge in [0.05, 0.1) is 12.5 Å². The fourth-order valence-corrected chi connectivity index (χ4v) is 5.66. The van der Waals surface area contributed by atoms with E-state index in [1.165, 1.54) is 62.8 Å². The van der Waals surface area contributed by atoms with Crippen LogP contribution in [0.5, 0.6) is 0 Å². The Balaban J connectivity index is 1.47. The highest BCUT2D eigenvalue weighted by Gasteiger charge is 2.39. The van der Waals surface area contributed by atoms with Crippen molar-refractivity contribution in [2.45, 2.75) is 76.5 Å². The molecule has 180 valence electrons. The van der Waals surface area contributed by atoms with Crippen molar-refractivity contribution < 1.29 is 14.3 Å². The fourth-order valence-electron chi connectivity index (χ4n) is 5.66. The van der Waals surface area contributed by atoms with E-state index in [1.807, 2.05) is 24.3 Å². The number of ether oxygens (including phenoxy) is 1. The molecule has 4 heteroatoms. The standard InChI is InChI=1S/C30H37NO3/c1-34-28(32)18-15-23-9-8-12-27(21-23)31-29(33)30(19-6-3-7-20-30)22-24-13-16-26(17-14-24)25-10-4-2-5-11-25/h8-9,12-18,21,25H,2-7,10-11,19-20,22H2,1H3,(H,31,33)/b18-15+. The minimum atomic E-state index is -0.398. The zero-order chi connectivity index (χ0) is 23.8. The second kappa shape index (κ2) is 11.5. The van der Waals surface area contributed by atoms with Gasteiger partial charge in [-0.2, -0.15) is 0 Å². The zero-order valence-electron chi connectivity index (χ0n) is 20.4. The van der Waals surface area contributed by atoms with Crippen LogP contribution in [0.15, 0.2) is 54.6 Å². The van der Waals surface area contributed by atoms with E-state index in [2.05, 4.69) is 34.3 Å². The van der Waals surface area contributed by atoms with Gasteiger partial charge in [0.1, 0.15) is 0 Å². The van der Waals surface area contributed by atoms with Crippen LogP contribution in [-0.4, -0.2) is 19.0 Å². The third-order valence-corrected chi connectivity index (χ3v) is 7.65. The average Bonchev–Trinajstić information content (AvgIpc) is 2.89. The van der Waals surface area contributed by atoms with Crippen LogP contribution in [0.2, 0.25) is 0 Å². The van der Waals surface area contributed by atoms with Crippen LogP contribution < -0.4 is 5.32 Å². The molecular weight excluding hydrogens is 422 g/mol. The van der Waals surface area contributed by atoms with Gasteiger partial charge >= 0.3 is 5.97 Å². The molecule has 2 aliphatic carbocycles. The molecule has 1 N–H and O–H groups in total. The van der Waals surface area contributed by atoms with Crippen LogP contribution in [0.3, 0.4) is 0 Å². The zero-order valence-corrected chi connectivity index (χ0v) is 20.4. The molecule has 4 nitrogen and oxygen atoms in total. The van der Waals surface area contributed by atoms with Crippen LogP contribution in [0.25, 0.3) is 6.08 Å². The Kier molecular flexibility index (Phi) is 8.21. The minimum absolute atomic E-state index is 0.109. The fraction of sp³-hybridized carbons (Fsp3) is 0.467. The second-order valence-corrected chi connectivity index (χ2v) is 10.0. The Labute approximate surface area is 203 Å². The highest BCUT2D eigenvalue weighted by molar-refractivity contribution is 5.96. The Morgan fingerprint density at radius 3 is 2.38 bits per heavy atom. The summed E-state index contributed by atoms with van der Waals surface area (Å²) >= 11 is 0. The first-order valence-corrected chi connectivity index (χ1v) is 12.8. The van der Waals surface area contributed by atoms with Crippen molar-refractivity contribution in [2.75, 3.05) is 12.4 Å². The topological polar surface area (TPSA) is 55.4 Å². The van der Waals surface area contributed by atoms with E-state index in [9.17, 15) is 9.59 Å². The lowest BCUT2D eigenvalue weighted by Gasteiger charge is -2.36. The lowest BCUT2D eigenvalue weighted by Crippen LogP contribution is -2.40. The average molecular weight is 460 g/mol. The third-order valence-electron chi connectivity index (χ3n) is 7.65. The summed E-state index contributed by atoms with van der Waals surface area (Å²) in [6.07, 6.45) is 15.8. The normalized spacial score (nSPS) is 18.5. The molecular formula is C30H37NO3. The second-order valence-electron chi connectivity index (χ2n) is 10.0. The predicted octanol–water partition coefficient (Wildman–Crippen LogP) is 7.05. The first kappa shape index (κ1) is 24.3. The van der Waals surface area contributed by atoms with E-state index in [0.717, 1.165) is 43.4 Å². The minimum Gasteiger partial charge on any atom is -0.466 e. The summed E-state index contributed by atoms with van der Waals surface area (Å²) in [5, 5.41) is 3.19. The van der Waals surface area contributed by atoms with Crippen molar-refractivity contribution in [3.63, 3.8) is 0 Å². The predicted molar refractivity (Wildman–Crippen MR) is 138 cm³/mol. The summed E-state index contributed by atoms with van der Waals surface area (Å²) in [7, 11) is 1.36. The van der Waals surface area contributed by atoms with Crippen molar-refractivity contribution >= 4 is 23.6 Å². The van der Waals surface area contributed by atoms with E-state index < -0.39 is 5.97 Å². The molecule has 4 rings (SSSR count). The van der Waals surface area contributed by atoms with Gasteiger partial charge in [0, 0.05) is 11.8 Å². The first-order valence-electron chi connectivity index (χ1n) is 12.8. The first-order chi connectivity index (χ1) is 16.6. The van der Waals surface area contributed by atoms with Crippen molar-refractivity contribution in [2.24, 2.45) is 5.41 Å². The van der Waals surface area contributed by atoms with Gasteiger partial charge in [-0.25, -0.2) is 4.79 Å². The molecule has 0 heterocycles. The number of hydrogen-bond acceptors (Lipinski definition) is 3. The van der Waals surface area contributed by atoms with Crippen molar-refractivity contribution in [1.82, 2.24) is 0 Å². The summed E-state index contributed by atoms with van der Waals surface area (Å²) < 4.78 is 4.66. The SMILES string of the molecule is COC(=O)/C=C/c1cccc(NC(=O)C2(Cc3ccc(C4CCCCC4)cc3)CCCCC2)c1. The Morgan fingerprint density at radius 1 is 0.971 bits per heavy atom. The largest absolute Gasteiger partial charge is 0.466 e. The highest BCUT2D eigenvalue weighted by Crippen LogP contribution is 2.41. The third kappa shape index (κ3) is 6.16.